The smallest absolute Gasteiger partial charge is 0.338 e. The summed E-state index contributed by atoms with van der Waals surface area (Å²) in [6.07, 6.45) is 0.726. The van der Waals surface area contributed by atoms with Crippen molar-refractivity contribution >= 4 is 23.3 Å². The highest BCUT2D eigenvalue weighted by atomic mass is 32.1. The van der Waals surface area contributed by atoms with Gasteiger partial charge in [0, 0.05) is 10.8 Å². The number of aromatic carboxylic acids is 1. The van der Waals surface area contributed by atoms with Gasteiger partial charge in [0.1, 0.15) is 0 Å². The molecule has 6 nitrogen and oxygen atoms in total. The number of aryl methyl sites for hydroxylation is 1. The van der Waals surface area contributed by atoms with Gasteiger partial charge in [0.25, 0.3) is 0 Å². The number of benzene rings is 1. The van der Waals surface area contributed by atoms with Crippen LogP contribution in [0.2, 0.25) is 0 Å². The lowest BCUT2D eigenvalue weighted by atomic mass is 10.0. The van der Waals surface area contributed by atoms with E-state index in [2.05, 4.69) is 0 Å². The number of thiophene rings is 1. The van der Waals surface area contributed by atoms with E-state index in [1.54, 1.807) is 13.0 Å². The number of carboxylic acids is 1. The van der Waals surface area contributed by atoms with Crippen molar-refractivity contribution < 1.29 is 29.6 Å². The lowest BCUT2D eigenvalue weighted by Crippen LogP contribution is -2.12. The Bertz CT molecular complexity index is 660. The van der Waals surface area contributed by atoms with Gasteiger partial charge in [0.15, 0.2) is 11.5 Å². The number of esters is 1. The molecule has 1 aromatic carbocycles. The van der Waals surface area contributed by atoms with E-state index in [0.717, 1.165) is 12.0 Å². The van der Waals surface area contributed by atoms with Gasteiger partial charge >= 0.3 is 11.9 Å². The number of ether oxygens (including phenoxy) is 1. The number of hydrogen-bond acceptors (Lipinski definition) is 6. The monoisotopic (exact) mass is 338 g/mol. The Hall–Kier alpha value is -2.54. The van der Waals surface area contributed by atoms with Gasteiger partial charge in [-0.15, -0.1) is 11.3 Å². The summed E-state index contributed by atoms with van der Waals surface area (Å²) in [7, 11) is 0. The van der Waals surface area contributed by atoms with Gasteiger partial charge in [-0.1, -0.05) is 13.0 Å². The Kier molecular flexibility index (Phi) is 7.08. The zero-order valence-corrected chi connectivity index (χ0v) is 13.6. The maximum absolute atomic E-state index is 11.5. The van der Waals surface area contributed by atoms with Crippen LogP contribution < -0.4 is 0 Å². The number of aromatic hydroxyl groups is 2. The summed E-state index contributed by atoms with van der Waals surface area (Å²) in [6, 6.07) is 4.74. The van der Waals surface area contributed by atoms with Crippen molar-refractivity contribution in [3.63, 3.8) is 0 Å². The molecular formula is C16H18O6S. The highest BCUT2D eigenvalue weighted by Gasteiger charge is 2.17. The van der Waals surface area contributed by atoms with Gasteiger partial charge in [0.05, 0.1) is 17.7 Å². The van der Waals surface area contributed by atoms with Crippen LogP contribution in [0.4, 0.5) is 0 Å². The Morgan fingerprint density at radius 2 is 1.70 bits per heavy atom. The molecule has 1 aromatic heterocycles. The summed E-state index contributed by atoms with van der Waals surface area (Å²) in [4.78, 5) is 22.5. The minimum absolute atomic E-state index is 0.00204. The Labute approximate surface area is 137 Å². The highest BCUT2D eigenvalue weighted by molar-refractivity contribution is 7.08. The second-order valence-corrected chi connectivity index (χ2v) is 5.14. The summed E-state index contributed by atoms with van der Waals surface area (Å²) in [5.74, 6) is -1.78. The van der Waals surface area contributed by atoms with Crippen LogP contribution in [0.3, 0.4) is 0 Å². The molecule has 0 spiro atoms. The van der Waals surface area contributed by atoms with Crippen molar-refractivity contribution in [1.29, 1.82) is 0 Å². The maximum Gasteiger partial charge on any atom is 0.338 e. The molecule has 7 heteroatoms. The van der Waals surface area contributed by atoms with Crippen molar-refractivity contribution in [2.24, 2.45) is 0 Å². The molecule has 3 N–H and O–H groups in total. The molecule has 2 aromatic rings. The van der Waals surface area contributed by atoms with Gasteiger partial charge in [0.2, 0.25) is 0 Å². The van der Waals surface area contributed by atoms with E-state index in [4.69, 9.17) is 20.1 Å². The molecule has 0 unspecified atom stereocenters. The normalized spacial score (nSPS) is 9.65. The molecule has 0 aliphatic heterocycles. The fourth-order valence-corrected chi connectivity index (χ4v) is 2.23. The second kappa shape index (κ2) is 8.79. The fraction of sp³-hybridized carbons (Fsp3) is 0.250. The van der Waals surface area contributed by atoms with Crippen LogP contribution in [0.5, 0.6) is 11.5 Å². The topological polar surface area (TPSA) is 104 Å². The first-order chi connectivity index (χ1) is 10.9. The SMILES string of the molecule is CCOC(=O)c1ccc(CC)cc1C(=O)O.Oc1cscc1O. The molecule has 0 fully saturated rings. The van der Waals surface area contributed by atoms with Crippen LogP contribution in [0.15, 0.2) is 29.0 Å². The van der Waals surface area contributed by atoms with Gasteiger partial charge in [-0.05, 0) is 31.0 Å². The molecule has 0 saturated carbocycles. The summed E-state index contributed by atoms with van der Waals surface area (Å²) in [5, 5.41) is 29.0. The minimum atomic E-state index is -1.11. The predicted molar refractivity (Wildman–Crippen MR) is 86.4 cm³/mol. The third-order valence-electron chi connectivity index (χ3n) is 2.84. The zero-order chi connectivity index (χ0) is 17.4. The third-order valence-corrected chi connectivity index (χ3v) is 3.56. The van der Waals surface area contributed by atoms with Crippen molar-refractivity contribution in [2.75, 3.05) is 6.61 Å². The molecule has 0 radical (unpaired) electrons. The van der Waals surface area contributed by atoms with E-state index in [-0.39, 0.29) is 29.2 Å². The van der Waals surface area contributed by atoms with Crippen LogP contribution in [0, 0.1) is 0 Å². The van der Waals surface area contributed by atoms with Crippen molar-refractivity contribution in [3.05, 3.63) is 45.6 Å². The molecule has 124 valence electrons. The van der Waals surface area contributed by atoms with Crippen LogP contribution >= 0.6 is 11.3 Å². The third kappa shape index (κ3) is 5.30. The number of carbonyl (C=O) groups is 2. The average molecular weight is 338 g/mol. The van der Waals surface area contributed by atoms with Gasteiger partial charge < -0.3 is 20.1 Å². The average Bonchev–Trinajstić information content (AvgIpc) is 2.91. The maximum atomic E-state index is 11.5. The summed E-state index contributed by atoms with van der Waals surface area (Å²) >= 11 is 1.27. The highest BCUT2D eigenvalue weighted by Crippen LogP contribution is 2.27. The Morgan fingerprint density at radius 1 is 1.09 bits per heavy atom. The molecule has 0 amide bonds. The molecule has 0 aliphatic carbocycles. The van der Waals surface area contributed by atoms with Crippen LogP contribution in [0.1, 0.15) is 40.1 Å². The van der Waals surface area contributed by atoms with Gasteiger partial charge in [-0.25, -0.2) is 9.59 Å². The molecule has 0 bridgehead atoms. The van der Waals surface area contributed by atoms with E-state index in [1.165, 1.54) is 34.2 Å². The standard InChI is InChI=1S/C12H14O4.C4H4O2S/c1-3-8-5-6-9(12(15)16-4-2)10(7-8)11(13)14;5-3-1-7-2-4(3)6/h5-7H,3-4H2,1-2H3,(H,13,14);1-2,5-6H. The molecule has 2 rings (SSSR count). The lowest BCUT2D eigenvalue weighted by Gasteiger charge is -2.07. The van der Waals surface area contributed by atoms with E-state index >= 15 is 0 Å². The van der Waals surface area contributed by atoms with Crippen LogP contribution in [0.25, 0.3) is 0 Å². The van der Waals surface area contributed by atoms with E-state index in [0.29, 0.717) is 0 Å². The minimum Gasteiger partial charge on any atom is -0.504 e. The van der Waals surface area contributed by atoms with Gasteiger partial charge in [-0.3, -0.25) is 0 Å². The molecule has 23 heavy (non-hydrogen) atoms. The number of carbonyl (C=O) groups excluding carboxylic acids is 1. The number of hydrogen-bond donors (Lipinski definition) is 3. The molecule has 0 aliphatic rings. The largest absolute Gasteiger partial charge is 0.504 e. The van der Waals surface area contributed by atoms with Crippen LogP contribution in [-0.2, 0) is 11.2 Å². The van der Waals surface area contributed by atoms with Crippen LogP contribution in [-0.4, -0.2) is 33.9 Å². The first-order valence-electron chi connectivity index (χ1n) is 6.88. The first-order valence-corrected chi connectivity index (χ1v) is 7.82. The summed E-state index contributed by atoms with van der Waals surface area (Å²) in [5.41, 5.74) is 0.981. The van der Waals surface area contributed by atoms with E-state index in [9.17, 15) is 9.59 Å². The Balaban J connectivity index is 0.000000313. The predicted octanol–water partition coefficient (Wildman–Crippen LogP) is 3.28. The van der Waals surface area contributed by atoms with Crippen molar-refractivity contribution in [3.8, 4) is 11.5 Å². The fourth-order valence-electron chi connectivity index (χ4n) is 1.66. The van der Waals surface area contributed by atoms with Gasteiger partial charge in [-0.2, -0.15) is 0 Å². The number of carboxylic acid groups (broad SMARTS) is 1. The summed E-state index contributed by atoms with van der Waals surface area (Å²) in [6.45, 7) is 3.83. The second-order valence-electron chi connectivity index (χ2n) is 4.40. The van der Waals surface area contributed by atoms with Crippen molar-refractivity contribution in [2.45, 2.75) is 20.3 Å². The van der Waals surface area contributed by atoms with E-state index < -0.39 is 11.9 Å². The molecule has 1 heterocycles. The number of rotatable bonds is 4. The quantitative estimate of drug-likeness (QED) is 0.739. The molecule has 0 saturated heterocycles. The first kappa shape index (κ1) is 18.5. The molecular weight excluding hydrogens is 320 g/mol. The lowest BCUT2D eigenvalue weighted by molar-refractivity contribution is 0.0514. The van der Waals surface area contributed by atoms with E-state index in [1.807, 2.05) is 6.92 Å². The summed E-state index contributed by atoms with van der Waals surface area (Å²) < 4.78 is 4.79. The molecule has 0 atom stereocenters. The Morgan fingerprint density at radius 3 is 2.09 bits per heavy atom. The van der Waals surface area contributed by atoms with Crippen molar-refractivity contribution in [1.82, 2.24) is 0 Å². The zero-order valence-electron chi connectivity index (χ0n) is 12.8.